The van der Waals surface area contributed by atoms with Crippen LogP contribution in [0.5, 0.6) is 0 Å². The first-order valence-corrected chi connectivity index (χ1v) is 18.0. The summed E-state index contributed by atoms with van der Waals surface area (Å²) in [7, 11) is 0. The van der Waals surface area contributed by atoms with Crippen molar-refractivity contribution in [3.63, 3.8) is 0 Å². The standard InChI is InChI=1S/C34H60N8O9/c1-20(2)19-25-30(48)29(47)21(3)37-17-11-9-7-5-6-8-10-14-26(44)42-28(22(4)43)33(51)40-24(15-16-27(45)46)32(50)39-23(31(49)41-25)13-12-18-38-34(35)36/h20-25,28,37,43H,5-19H2,1-4H3,(H,39,50)(H,40,51)(H,41,49)(H,42,44)(H,45,46)(H4,35,36,38)/t21-,22+,23-,24?,25?,28-/m0/s1. The van der Waals surface area contributed by atoms with Gasteiger partial charge in [0, 0.05) is 19.4 Å². The summed E-state index contributed by atoms with van der Waals surface area (Å²) in [4.78, 5) is 91.3. The van der Waals surface area contributed by atoms with Crippen LogP contribution in [0.1, 0.15) is 111 Å². The summed E-state index contributed by atoms with van der Waals surface area (Å²) in [6.07, 6.45) is 3.96. The molecule has 0 spiro atoms. The van der Waals surface area contributed by atoms with E-state index in [1.807, 2.05) is 13.8 Å². The molecule has 17 heteroatoms. The van der Waals surface area contributed by atoms with Gasteiger partial charge in [0.25, 0.3) is 0 Å². The molecule has 0 aromatic rings. The van der Waals surface area contributed by atoms with Crippen molar-refractivity contribution in [2.24, 2.45) is 11.7 Å². The van der Waals surface area contributed by atoms with E-state index in [9.17, 15) is 43.8 Å². The number of nitrogens with one attached hydrogen (secondary N) is 7. The Hall–Kier alpha value is -4.12. The van der Waals surface area contributed by atoms with E-state index >= 15 is 0 Å². The SMILES string of the molecule is CC(C)CC1NC(=O)[C@H](CCCNC(=N)N)NC(=O)C(CCC(=O)O)NC(=O)[C@H]([C@@H](C)O)NC(=O)CCCCCCCCCN[C@@H](C)C(=O)C1=O. The normalized spacial score (nSPS) is 25.3. The topological polar surface area (TPSA) is 282 Å². The fourth-order valence-corrected chi connectivity index (χ4v) is 5.59. The van der Waals surface area contributed by atoms with Gasteiger partial charge in [-0.3, -0.25) is 39.0 Å². The van der Waals surface area contributed by atoms with E-state index in [4.69, 9.17) is 11.1 Å². The lowest BCUT2D eigenvalue weighted by molar-refractivity contribution is -0.140. The molecule has 6 atom stereocenters. The van der Waals surface area contributed by atoms with Crippen LogP contribution in [0.3, 0.4) is 0 Å². The Kier molecular flexibility index (Phi) is 21.2. The van der Waals surface area contributed by atoms with Crippen LogP contribution in [0.2, 0.25) is 0 Å². The van der Waals surface area contributed by atoms with Crippen molar-refractivity contribution < 1.29 is 43.8 Å². The van der Waals surface area contributed by atoms with Gasteiger partial charge >= 0.3 is 5.97 Å². The number of aliphatic hydroxyl groups is 1. The second-order valence-electron chi connectivity index (χ2n) is 13.6. The number of aliphatic carboxylic acids is 1. The summed E-state index contributed by atoms with van der Waals surface area (Å²) in [5.74, 6) is -6.26. The first-order valence-electron chi connectivity index (χ1n) is 18.0. The van der Waals surface area contributed by atoms with Gasteiger partial charge in [-0.1, -0.05) is 46.0 Å². The van der Waals surface area contributed by atoms with Crippen LogP contribution >= 0.6 is 0 Å². The minimum atomic E-state index is -1.49. The first-order chi connectivity index (χ1) is 24.0. The quantitative estimate of drug-likeness (QED) is 0.0603. The number of aliphatic hydroxyl groups excluding tert-OH is 1. The minimum absolute atomic E-state index is 0.0295. The second kappa shape index (κ2) is 24.1. The molecule has 11 N–H and O–H groups in total. The zero-order valence-corrected chi connectivity index (χ0v) is 30.5. The molecule has 0 aromatic carbocycles. The van der Waals surface area contributed by atoms with E-state index in [1.54, 1.807) is 6.92 Å². The zero-order chi connectivity index (χ0) is 38.5. The molecule has 1 heterocycles. The summed E-state index contributed by atoms with van der Waals surface area (Å²) >= 11 is 0. The number of guanidine groups is 1. The van der Waals surface area contributed by atoms with Gasteiger partial charge in [-0.2, -0.15) is 0 Å². The largest absolute Gasteiger partial charge is 0.481 e. The minimum Gasteiger partial charge on any atom is -0.481 e. The maximum Gasteiger partial charge on any atom is 0.303 e. The molecule has 1 aliphatic rings. The smallest absolute Gasteiger partial charge is 0.303 e. The van der Waals surface area contributed by atoms with E-state index in [1.165, 1.54) is 6.92 Å². The molecular weight excluding hydrogens is 664 g/mol. The fourth-order valence-electron chi connectivity index (χ4n) is 5.59. The Labute approximate surface area is 300 Å². The van der Waals surface area contributed by atoms with E-state index in [2.05, 4.69) is 31.9 Å². The Balaban J connectivity index is 3.44. The van der Waals surface area contributed by atoms with Gasteiger partial charge in [-0.15, -0.1) is 0 Å². The number of carboxylic acid groups (broad SMARTS) is 1. The highest BCUT2D eigenvalue weighted by Crippen LogP contribution is 2.12. The first kappa shape index (κ1) is 44.9. The Morgan fingerprint density at radius 3 is 1.94 bits per heavy atom. The van der Waals surface area contributed by atoms with Gasteiger partial charge < -0.3 is 47.8 Å². The number of amides is 4. The Bertz CT molecular complexity index is 1200. The molecule has 4 amide bonds. The van der Waals surface area contributed by atoms with Crippen molar-refractivity contribution in [2.45, 2.75) is 147 Å². The molecule has 0 radical (unpaired) electrons. The van der Waals surface area contributed by atoms with Crippen LogP contribution in [0, 0.1) is 11.3 Å². The Morgan fingerprint density at radius 2 is 1.37 bits per heavy atom. The van der Waals surface area contributed by atoms with Crippen LogP contribution in [0.4, 0.5) is 0 Å². The highest BCUT2D eigenvalue weighted by molar-refractivity contribution is 6.41. The summed E-state index contributed by atoms with van der Waals surface area (Å²) in [6, 6.07) is -6.24. The maximum atomic E-state index is 13.7. The third-order valence-corrected chi connectivity index (χ3v) is 8.49. The van der Waals surface area contributed by atoms with Gasteiger partial charge in [0.1, 0.15) is 18.1 Å². The van der Waals surface area contributed by atoms with Gasteiger partial charge in [0.15, 0.2) is 5.96 Å². The molecule has 17 nitrogen and oxygen atoms in total. The molecule has 1 fully saturated rings. The lowest BCUT2D eigenvalue weighted by Crippen LogP contribution is -2.59. The van der Waals surface area contributed by atoms with E-state index < -0.39 is 83.9 Å². The number of ketones is 2. The average molecular weight is 725 g/mol. The zero-order valence-electron chi connectivity index (χ0n) is 30.5. The van der Waals surface area contributed by atoms with Crippen molar-refractivity contribution in [2.75, 3.05) is 13.1 Å². The van der Waals surface area contributed by atoms with E-state index in [0.29, 0.717) is 13.0 Å². The third kappa shape index (κ3) is 18.6. The molecule has 0 bridgehead atoms. The summed E-state index contributed by atoms with van der Waals surface area (Å²) in [5.41, 5.74) is 5.36. The van der Waals surface area contributed by atoms with Crippen molar-refractivity contribution in [3.05, 3.63) is 0 Å². The molecule has 51 heavy (non-hydrogen) atoms. The molecule has 0 aromatic heterocycles. The summed E-state index contributed by atoms with van der Waals surface area (Å²) in [5, 5.41) is 42.8. The predicted molar refractivity (Wildman–Crippen MR) is 189 cm³/mol. The van der Waals surface area contributed by atoms with Crippen molar-refractivity contribution in [1.82, 2.24) is 31.9 Å². The predicted octanol–water partition coefficient (Wildman–Crippen LogP) is -0.269. The number of carbonyl (C=O) groups excluding carboxylic acids is 6. The maximum absolute atomic E-state index is 13.7. The lowest BCUT2D eigenvalue weighted by Gasteiger charge is -2.27. The average Bonchev–Trinajstić information content (AvgIpc) is 3.05. The number of rotatable bonds is 10. The number of carbonyl (C=O) groups is 7. The highest BCUT2D eigenvalue weighted by atomic mass is 16.4. The van der Waals surface area contributed by atoms with Crippen LogP contribution in [-0.2, 0) is 33.6 Å². The third-order valence-electron chi connectivity index (χ3n) is 8.49. The molecule has 1 rings (SSSR count). The number of nitrogens with two attached hydrogens (primary N) is 1. The molecule has 290 valence electrons. The molecule has 1 saturated heterocycles. The monoisotopic (exact) mass is 724 g/mol. The fraction of sp³-hybridized carbons (Fsp3) is 0.765. The van der Waals surface area contributed by atoms with E-state index in [-0.39, 0.29) is 50.5 Å². The lowest BCUT2D eigenvalue weighted by atomic mass is 9.95. The van der Waals surface area contributed by atoms with Crippen LogP contribution in [0.15, 0.2) is 0 Å². The number of Topliss-reactive ketones (excluding diaryl/α,β-unsaturated/α-hetero) is 2. The van der Waals surface area contributed by atoms with Crippen molar-refractivity contribution >= 4 is 47.1 Å². The summed E-state index contributed by atoms with van der Waals surface area (Å²) < 4.78 is 0. The van der Waals surface area contributed by atoms with Crippen molar-refractivity contribution in [1.29, 1.82) is 5.41 Å². The van der Waals surface area contributed by atoms with Gasteiger partial charge in [0.05, 0.1) is 18.2 Å². The van der Waals surface area contributed by atoms with Crippen LogP contribution in [-0.4, -0.2) is 107 Å². The van der Waals surface area contributed by atoms with Crippen LogP contribution < -0.4 is 37.6 Å². The number of hydrogen-bond donors (Lipinski definition) is 10. The molecule has 2 unspecified atom stereocenters. The number of hydrogen-bond acceptors (Lipinski definition) is 10. The highest BCUT2D eigenvalue weighted by Gasteiger charge is 2.35. The van der Waals surface area contributed by atoms with Gasteiger partial charge in [-0.25, -0.2) is 0 Å². The van der Waals surface area contributed by atoms with Gasteiger partial charge in [0.2, 0.25) is 35.2 Å². The van der Waals surface area contributed by atoms with E-state index in [0.717, 1.165) is 38.5 Å². The Morgan fingerprint density at radius 1 is 0.824 bits per heavy atom. The molecule has 1 aliphatic heterocycles. The molecule has 0 saturated carbocycles. The van der Waals surface area contributed by atoms with Crippen LogP contribution in [0.25, 0.3) is 0 Å². The molecular formula is C34H60N8O9. The molecule has 0 aliphatic carbocycles. The number of carboxylic acids is 1. The second-order valence-corrected chi connectivity index (χ2v) is 13.6. The van der Waals surface area contributed by atoms with Gasteiger partial charge in [-0.05, 0) is 64.8 Å². The van der Waals surface area contributed by atoms with Crippen molar-refractivity contribution in [3.8, 4) is 0 Å². The summed E-state index contributed by atoms with van der Waals surface area (Å²) in [6.45, 7) is 7.20.